The van der Waals surface area contributed by atoms with Crippen molar-refractivity contribution in [2.24, 2.45) is 23.7 Å². The summed E-state index contributed by atoms with van der Waals surface area (Å²) in [5.41, 5.74) is 0. The maximum atomic E-state index is 14.3. The Morgan fingerprint density at radius 1 is 1.27 bits per heavy atom. The molecule has 3 unspecified atom stereocenters. The maximum Gasteiger partial charge on any atom is 0.310 e. The number of hydrogen-bond acceptors (Lipinski definition) is 6. The highest BCUT2D eigenvalue weighted by Crippen LogP contribution is 2.69. The summed E-state index contributed by atoms with van der Waals surface area (Å²) in [4.78, 5) is 45.6. The molecule has 3 aliphatic heterocycles. The van der Waals surface area contributed by atoms with Crippen molar-refractivity contribution in [3.63, 3.8) is 0 Å². The van der Waals surface area contributed by atoms with Crippen LogP contribution in [-0.4, -0.2) is 80.6 Å². The number of hydrogen-bond donors (Lipinski definition) is 1. The van der Waals surface area contributed by atoms with Crippen molar-refractivity contribution in [1.29, 1.82) is 0 Å². The number of unbranched alkanes of at least 4 members (excludes halogenated alkanes) is 2. The van der Waals surface area contributed by atoms with E-state index in [0.717, 1.165) is 32.1 Å². The number of likely N-dealkylation sites (tertiary alicyclic amines) is 1. The number of nitrogens with zero attached hydrogens (tertiary/aromatic N) is 2. The van der Waals surface area contributed by atoms with Gasteiger partial charge in [-0.1, -0.05) is 39.3 Å². The first-order valence-corrected chi connectivity index (χ1v) is 14.8. The van der Waals surface area contributed by atoms with E-state index in [1.54, 1.807) is 27.6 Å². The standard InChI is InChI=1S/C29H46N2O5S/c1-8-11-12-13-15-36-28(35)23-22-16-20(7)29(37-22)24(23)26(33)31(21(17-32)19(6)10-3)25(29)27(34)30(14-9-2)18(4)5/h8-9,18-25,32H,1-2,10-17H2,3-7H3/t19-,20?,21-,22-,23+,24-,25?,29?/m0/s1. The topological polar surface area (TPSA) is 87.2 Å². The third-order valence-electron chi connectivity index (χ3n) is 8.81. The fourth-order valence-corrected chi connectivity index (χ4v) is 9.08. The van der Waals surface area contributed by atoms with Crippen LogP contribution in [-0.2, 0) is 19.1 Å². The third-order valence-corrected chi connectivity index (χ3v) is 10.9. The Kier molecular flexibility index (Phi) is 9.95. The number of ether oxygens (including phenoxy) is 1. The number of carbonyl (C=O) groups is 3. The fourth-order valence-electron chi connectivity index (χ4n) is 6.69. The zero-order valence-corrected chi connectivity index (χ0v) is 24.0. The van der Waals surface area contributed by atoms with Gasteiger partial charge in [0.1, 0.15) is 6.04 Å². The lowest BCUT2D eigenvalue weighted by molar-refractivity contribution is -0.155. The average Bonchev–Trinajstić information content (AvgIpc) is 3.46. The first-order chi connectivity index (χ1) is 17.6. The lowest BCUT2D eigenvalue weighted by Crippen LogP contribution is -2.61. The molecule has 8 atom stereocenters. The number of esters is 1. The van der Waals surface area contributed by atoms with Gasteiger partial charge in [-0.2, -0.15) is 0 Å². The van der Waals surface area contributed by atoms with Gasteiger partial charge >= 0.3 is 5.97 Å². The smallest absolute Gasteiger partial charge is 0.310 e. The van der Waals surface area contributed by atoms with E-state index < -0.39 is 28.7 Å². The van der Waals surface area contributed by atoms with Crippen molar-refractivity contribution in [3.8, 4) is 0 Å². The van der Waals surface area contributed by atoms with E-state index in [0.29, 0.717) is 13.2 Å². The summed E-state index contributed by atoms with van der Waals surface area (Å²) in [5, 5.41) is 10.4. The Labute approximate surface area is 227 Å². The molecule has 1 N–H and O–H groups in total. The van der Waals surface area contributed by atoms with E-state index in [1.807, 2.05) is 33.8 Å². The zero-order chi connectivity index (χ0) is 27.5. The Morgan fingerprint density at radius 3 is 2.54 bits per heavy atom. The SMILES string of the molecule is C=CCCCCOC(=O)[C@@H]1[C@@H]2CC(C)C3(S2)C(C(=O)N(CC=C)C(C)C)N([C@@H](CO)[C@@H](C)CC)C(=O)[C@H]13. The predicted octanol–water partition coefficient (Wildman–Crippen LogP) is 4.05. The summed E-state index contributed by atoms with van der Waals surface area (Å²) in [6, 6.07) is -1.32. The first kappa shape index (κ1) is 29.8. The van der Waals surface area contributed by atoms with Gasteiger partial charge in [-0.3, -0.25) is 14.4 Å². The molecule has 3 heterocycles. The second-order valence-electron chi connectivity index (χ2n) is 11.3. The second kappa shape index (κ2) is 12.4. The molecule has 0 aliphatic carbocycles. The lowest BCUT2D eigenvalue weighted by atomic mass is 9.66. The summed E-state index contributed by atoms with van der Waals surface area (Å²) in [7, 11) is 0. The van der Waals surface area contributed by atoms with Crippen LogP contribution in [0.3, 0.4) is 0 Å². The summed E-state index contributed by atoms with van der Waals surface area (Å²) >= 11 is 1.65. The van der Waals surface area contributed by atoms with Gasteiger partial charge in [0.2, 0.25) is 11.8 Å². The van der Waals surface area contributed by atoms with Gasteiger partial charge in [0, 0.05) is 17.8 Å². The fraction of sp³-hybridized carbons (Fsp3) is 0.759. The Balaban J connectivity index is 2.04. The molecule has 3 aliphatic rings. The number of allylic oxidation sites excluding steroid dienone is 1. The van der Waals surface area contributed by atoms with Crippen LogP contribution in [0, 0.1) is 23.7 Å². The maximum absolute atomic E-state index is 14.3. The van der Waals surface area contributed by atoms with Crippen LogP contribution in [0.15, 0.2) is 25.3 Å². The van der Waals surface area contributed by atoms with E-state index in [1.165, 1.54) is 0 Å². The van der Waals surface area contributed by atoms with E-state index in [2.05, 4.69) is 20.1 Å². The summed E-state index contributed by atoms with van der Waals surface area (Å²) in [5.74, 6) is -1.76. The summed E-state index contributed by atoms with van der Waals surface area (Å²) < 4.78 is 4.99. The molecular formula is C29H46N2O5S. The molecule has 2 bridgehead atoms. The van der Waals surface area contributed by atoms with Gasteiger partial charge in [0.05, 0.1) is 35.8 Å². The molecule has 8 heteroatoms. The summed E-state index contributed by atoms with van der Waals surface area (Å²) in [6.07, 6.45) is 7.60. The van der Waals surface area contributed by atoms with E-state index in [9.17, 15) is 19.5 Å². The van der Waals surface area contributed by atoms with Crippen LogP contribution >= 0.6 is 11.8 Å². The van der Waals surface area contributed by atoms with E-state index in [4.69, 9.17) is 4.74 Å². The number of aliphatic hydroxyl groups is 1. The summed E-state index contributed by atoms with van der Waals surface area (Å²) in [6.45, 7) is 18.1. The zero-order valence-electron chi connectivity index (χ0n) is 23.2. The Morgan fingerprint density at radius 2 is 1.97 bits per heavy atom. The molecule has 208 valence electrons. The monoisotopic (exact) mass is 534 g/mol. The molecule has 3 fully saturated rings. The lowest BCUT2D eigenvalue weighted by Gasteiger charge is -2.43. The molecule has 1 spiro atoms. The highest BCUT2D eigenvalue weighted by molar-refractivity contribution is 8.02. The number of aliphatic hydroxyl groups excluding tert-OH is 1. The van der Waals surface area contributed by atoms with Crippen molar-refractivity contribution in [1.82, 2.24) is 9.80 Å². The van der Waals surface area contributed by atoms with Crippen LogP contribution in [0.5, 0.6) is 0 Å². The first-order valence-electron chi connectivity index (χ1n) is 13.9. The molecule has 0 saturated carbocycles. The minimum absolute atomic E-state index is 0.000788. The number of carbonyl (C=O) groups excluding carboxylic acids is 3. The van der Waals surface area contributed by atoms with Gasteiger partial charge in [-0.05, 0) is 51.4 Å². The van der Waals surface area contributed by atoms with Crippen LogP contribution in [0.1, 0.15) is 66.7 Å². The third kappa shape index (κ3) is 5.12. The molecular weight excluding hydrogens is 488 g/mol. The molecule has 0 aromatic rings. The van der Waals surface area contributed by atoms with Gasteiger partial charge in [0.15, 0.2) is 0 Å². The average molecular weight is 535 g/mol. The molecule has 0 aromatic carbocycles. The van der Waals surface area contributed by atoms with Crippen molar-refractivity contribution in [2.45, 2.75) is 94.8 Å². The van der Waals surface area contributed by atoms with Crippen LogP contribution in [0.2, 0.25) is 0 Å². The quantitative estimate of drug-likeness (QED) is 0.206. The normalized spacial score (nSPS) is 31.8. The largest absolute Gasteiger partial charge is 0.465 e. The molecule has 37 heavy (non-hydrogen) atoms. The van der Waals surface area contributed by atoms with Gasteiger partial charge in [-0.25, -0.2) is 0 Å². The van der Waals surface area contributed by atoms with Crippen molar-refractivity contribution < 1.29 is 24.2 Å². The molecule has 3 rings (SSSR count). The number of fused-ring (bicyclic) bond motifs is 1. The van der Waals surface area contributed by atoms with Crippen LogP contribution in [0.25, 0.3) is 0 Å². The van der Waals surface area contributed by atoms with E-state index in [-0.39, 0.29) is 47.5 Å². The molecule has 3 saturated heterocycles. The van der Waals surface area contributed by atoms with Gasteiger partial charge in [-0.15, -0.1) is 24.9 Å². The second-order valence-corrected chi connectivity index (χ2v) is 12.8. The van der Waals surface area contributed by atoms with Crippen molar-refractivity contribution in [2.75, 3.05) is 19.8 Å². The number of thioether (sulfide) groups is 1. The van der Waals surface area contributed by atoms with Gasteiger partial charge < -0.3 is 19.6 Å². The molecule has 0 aromatic heterocycles. The van der Waals surface area contributed by atoms with Crippen LogP contribution < -0.4 is 0 Å². The highest BCUT2D eigenvalue weighted by Gasteiger charge is 2.77. The number of rotatable bonds is 14. The van der Waals surface area contributed by atoms with Crippen LogP contribution in [0.4, 0.5) is 0 Å². The molecule has 0 radical (unpaired) electrons. The Hall–Kier alpha value is -1.80. The molecule has 2 amide bonds. The van der Waals surface area contributed by atoms with Gasteiger partial charge in [0.25, 0.3) is 0 Å². The highest BCUT2D eigenvalue weighted by atomic mass is 32.2. The minimum atomic E-state index is -0.742. The van der Waals surface area contributed by atoms with E-state index >= 15 is 0 Å². The van der Waals surface area contributed by atoms with Crippen molar-refractivity contribution in [3.05, 3.63) is 25.3 Å². The minimum Gasteiger partial charge on any atom is -0.465 e. The molecule has 7 nitrogen and oxygen atoms in total. The Bertz CT molecular complexity index is 878. The number of amides is 2. The van der Waals surface area contributed by atoms with Crippen molar-refractivity contribution >= 4 is 29.5 Å². The predicted molar refractivity (Wildman–Crippen MR) is 148 cm³/mol.